The van der Waals surface area contributed by atoms with Crippen molar-refractivity contribution in [2.24, 2.45) is 0 Å². The predicted octanol–water partition coefficient (Wildman–Crippen LogP) is 5.66. The van der Waals surface area contributed by atoms with Crippen LogP contribution in [0.4, 0.5) is 9.59 Å². The molecule has 13 heteroatoms. The van der Waals surface area contributed by atoms with Crippen LogP contribution < -0.4 is 19.5 Å². The molecular weight excluding hydrogens is 588 g/mol. The molecule has 2 amide bonds. The Hall–Kier alpha value is -3.03. The summed E-state index contributed by atoms with van der Waals surface area (Å²) in [7, 11) is 2.47. The average Bonchev–Trinajstić information content (AvgIpc) is 2.93. The van der Waals surface area contributed by atoms with Gasteiger partial charge in [-0.1, -0.05) is 20.8 Å². The highest BCUT2D eigenvalue weighted by Gasteiger charge is 2.49. The third kappa shape index (κ3) is 9.73. The molecule has 1 heterocycles. The van der Waals surface area contributed by atoms with Crippen molar-refractivity contribution >= 4 is 26.5 Å². The van der Waals surface area contributed by atoms with E-state index in [1.165, 1.54) is 26.2 Å². The number of rotatable bonds is 11. The molecule has 0 aromatic heterocycles. The van der Waals surface area contributed by atoms with Crippen LogP contribution in [0.15, 0.2) is 12.1 Å². The van der Waals surface area contributed by atoms with Crippen molar-refractivity contribution < 1.29 is 47.2 Å². The summed E-state index contributed by atoms with van der Waals surface area (Å²) in [5.74, 6) is 0.114. The SMILES string of the molecule is COc1cc(CO[Si](C)(C)C(C)(C)C)cc(OC)c1OC(=O)NCC(C)OC(=O)C1(N(C)C(=O)OC(C)(C)C)CCOCC1. The lowest BCUT2D eigenvalue weighted by molar-refractivity contribution is -0.168. The van der Waals surface area contributed by atoms with E-state index in [4.69, 9.17) is 32.8 Å². The van der Waals surface area contributed by atoms with Gasteiger partial charge in [0.15, 0.2) is 19.8 Å². The number of methoxy groups -OCH3 is 2. The van der Waals surface area contributed by atoms with E-state index in [1.54, 1.807) is 39.8 Å². The monoisotopic (exact) mass is 640 g/mol. The number of esters is 1. The van der Waals surface area contributed by atoms with Crippen molar-refractivity contribution in [2.75, 3.05) is 41.0 Å². The molecule has 1 fully saturated rings. The van der Waals surface area contributed by atoms with Crippen molar-refractivity contribution in [2.45, 2.75) is 103 Å². The molecule has 1 atom stereocenters. The Bertz CT molecular complexity index is 1130. The van der Waals surface area contributed by atoms with Crippen LogP contribution in [-0.4, -0.2) is 89.6 Å². The van der Waals surface area contributed by atoms with Crippen LogP contribution in [0.2, 0.25) is 18.1 Å². The molecule has 1 aromatic carbocycles. The summed E-state index contributed by atoms with van der Waals surface area (Å²) >= 11 is 0. The van der Waals surface area contributed by atoms with E-state index in [2.05, 4.69) is 39.2 Å². The van der Waals surface area contributed by atoms with E-state index in [9.17, 15) is 14.4 Å². The van der Waals surface area contributed by atoms with E-state index in [1.807, 2.05) is 0 Å². The van der Waals surface area contributed by atoms with E-state index >= 15 is 0 Å². The third-order valence-electron chi connectivity index (χ3n) is 7.97. The Balaban J connectivity index is 2.07. The number of ether oxygens (including phenoxy) is 6. The number of carbonyl (C=O) groups excluding carboxylic acids is 3. The second-order valence-corrected chi connectivity index (χ2v) is 18.4. The van der Waals surface area contributed by atoms with Crippen LogP contribution in [0.3, 0.4) is 0 Å². The zero-order valence-electron chi connectivity index (χ0n) is 28.5. The number of carbonyl (C=O) groups is 3. The smallest absolute Gasteiger partial charge is 0.412 e. The number of hydrogen-bond donors (Lipinski definition) is 1. The van der Waals surface area contributed by atoms with Crippen LogP contribution in [-0.2, 0) is 30.0 Å². The van der Waals surface area contributed by atoms with Gasteiger partial charge in [0.2, 0.25) is 5.75 Å². The molecule has 0 aliphatic carbocycles. The summed E-state index contributed by atoms with van der Waals surface area (Å²) in [6, 6.07) is 3.49. The molecular formula is C31H52N2O10Si. The summed E-state index contributed by atoms with van der Waals surface area (Å²) in [5.41, 5.74) is -1.18. The number of amides is 2. The second kappa shape index (κ2) is 14.8. The maximum absolute atomic E-state index is 13.4. The Kier molecular flexibility index (Phi) is 12.5. The quantitative estimate of drug-likeness (QED) is 0.239. The van der Waals surface area contributed by atoms with E-state index < -0.39 is 43.7 Å². The number of hydrogen-bond acceptors (Lipinski definition) is 10. The van der Waals surface area contributed by atoms with Gasteiger partial charge < -0.3 is 38.2 Å². The van der Waals surface area contributed by atoms with E-state index in [0.29, 0.717) is 18.1 Å². The Morgan fingerprint density at radius 3 is 2.05 bits per heavy atom. The van der Waals surface area contributed by atoms with Gasteiger partial charge in [0.05, 0.1) is 27.4 Å². The van der Waals surface area contributed by atoms with Gasteiger partial charge in [0.1, 0.15) is 17.2 Å². The molecule has 0 saturated carbocycles. The molecule has 1 N–H and O–H groups in total. The highest BCUT2D eigenvalue weighted by Crippen LogP contribution is 2.41. The fourth-order valence-electron chi connectivity index (χ4n) is 4.18. The molecule has 250 valence electrons. The van der Waals surface area contributed by atoms with Gasteiger partial charge >= 0.3 is 18.2 Å². The maximum Gasteiger partial charge on any atom is 0.412 e. The first-order valence-electron chi connectivity index (χ1n) is 14.9. The normalized spacial score (nSPS) is 15.9. The number of nitrogens with one attached hydrogen (secondary N) is 1. The summed E-state index contributed by atoms with van der Waals surface area (Å²) in [6.07, 6.45) is -1.66. The third-order valence-corrected chi connectivity index (χ3v) is 12.5. The first-order chi connectivity index (χ1) is 20.3. The van der Waals surface area contributed by atoms with Gasteiger partial charge in [-0.15, -0.1) is 0 Å². The molecule has 1 aromatic rings. The van der Waals surface area contributed by atoms with Gasteiger partial charge in [-0.25, -0.2) is 14.4 Å². The lowest BCUT2D eigenvalue weighted by Gasteiger charge is -2.42. The summed E-state index contributed by atoms with van der Waals surface area (Å²) in [5, 5.41) is 2.66. The molecule has 0 radical (unpaired) electrons. The van der Waals surface area contributed by atoms with Gasteiger partial charge in [0, 0.05) is 33.1 Å². The van der Waals surface area contributed by atoms with Crippen LogP contribution in [0.25, 0.3) is 0 Å². The molecule has 1 aliphatic rings. The maximum atomic E-state index is 13.4. The lowest BCUT2D eigenvalue weighted by atomic mass is 9.88. The van der Waals surface area contributed by atoms with Crippen LogP contribution in [0.1, 0.15) is 66.9 Å². The largest absolute Gasteiger partial charge is 0.493 e. The Morgan fingerprint density at radius 1 is 1.02 bits per heavy atom. The minimum absolute atomic E-state index is 0.0453. The molecule has 1 unspecified atom stereocenters. The van der Waals surface area contributed by atoms with Crippen molar-refractivity contribution in [1.29, 1.82) is 0 Å². The predicted molar refractivity (Wildman–Crippen MR) is 168 cm³/mol. The minimum Gasteiger partial charge on any atom is -0.493 e. The topological polar surface area (TPSA) is 131 Å². The van der Waals surface area contributed by atoms with Gasteiger partial charge in [-0.3, -0.25) is 4.90 Å². The van der Waals surface area contributed by atoms with Crippen molar-refractivity contribution in [3.05, 3.63) is 17.7 Å². The van der Waals surface area contributed by atoms with Crippen molar-refractivity contribution in [1.82, 2.24) is 10.2 Å². The molecule has 2 rings (SSSR count). The number of likely N-dealkylation sites (N-methyl/N-ethyl adjacent to an activating group) is 1. The average molecular weight is 641 g/mol. The van der Waals surface area contributed by atoms with Crippen molar-refractivity contribution in [3.63, 3.8) is 0 Å². The first-order valence-corrected chi connectivity index (χ1v) is 17.8. The zero-order chi connectivity index (χ0) is 33.5. The lowest BCUT2D eigenvalue weighted by Crippen LogP contribution is -2.60. The first kappa shape index (κ1) is 37.2. The van der Waals surface area contributed by atoms with Gasteiger partial charge in [0.25, 0.3) is 0 Å². The highest BCUT2D eigenvalue weighted by molar-refractivity contribution is 6.74. The highest BCUT2D eigenvalue weighted by atomic mass is 28.4. The Morgan fingerprint density at radius 2 is 1.57 bits per heavy atom. The molecule has 1 aliphatic heterocycles. The van der Waals surface area contributed by atoms with Crippen LogP contribution >= 0.6 is 0 Å². The van der Waals surface area contributed by atoms with Crippen molar-refractivity contribution in [3.8, 4) is 17.2 Å². The van der Waals surface area contributed by atoms with E-state index in [-0.39, 0.29) is 43.4 Å². The molecule has 1 saturated heterocycles. The van der Waals surface area contributed by atoms with Gasteiger partial charge in [-0.2, -0.15) is 0 Å². The number of nitrogens with zero attached hydrogens (tertiary/aromatic N) is 1. The van der Waals surface area contributed by atoms with E-state index in [0.717, 1.165) is 5.56 Å². The molecule has 12 nitrogen and oxygen atoms in total. The molecule has 0 spiro atoms. The summed E-state index contributed by atoms with van der Waals surface area (Å²) in [4.78, 5) is 40.4. The second-order valence-electron chi connectivity index (χ2n) is 13.5. The van der Waals surface area contributed by atoms with Crippen LogP contribution in [0, 0.1) is 0 Å². The Labute approximate surface area is 263 Å². The fourth-order valence-corrected chi connectivity index (χ4v) is 5.14. The van der Waals surface area contributed by atoms with Crippen LogP contribution in [0.5, 0.6) is 17.2 Å². The standard InChI is InChI=1S/C31H52N2O10Si/c1-21(41-26(34)31(13-15-39-16-14-31)33(8)28(36)43-29(2,3)4)19-32-27(35)42-25-23(37-9)17-22(18-24(25)38-10)20-40-44(11,12)30(5,6)7/h17-18,21H,13-16,19-20H2,1-12H3,(H,32,35). The van der Waals surface area contributed by atoms with Gasteiger partial charge in [-0.05, 0) is 63.5 Å². The molecule has 0 bridgehead atoms. The zero-order valence-corrected chi connectivity index (χ0v) is 29.5. The fraction of sp³-hybridized carbons (Fsp3) is 0.710. The summed E-state index contributed by atoms with van der Waals surface area (Å²) in [6.45, 7) is 18.6. The number of benzene rings is 1. The summed E-state index contributed by atoms with van der Waals surface area (Å²) < 4.78 is 39.5. The molecule has 44 heavy (non-hydrogen) atoms. The minimum atomic E-state index is -2.00.